The Morgan fingerprint density at radius 2 is 2.43 bits per heavy atom. The first-order valence-corrected chi connectivity index (χ1v) is 6.83. The number of carbonyl (C=O) groups is 1. The van der Waals surface area contributed by atoms with E-state index in [0.29, 0.717) is 23.6 Å². The molecule has 21 heavy (non-hydrogen) atoms. The smallest absolute Gasteiger partial charge is 0.255 e. The Kier molecular flexibility index (Phi) is 3.87. The van der Waals surface area contributed by atoms with Crippen molar-refractivity contribution in [1.29, 1.82) is 0 Å². The van der Waals surface area contributed by atoms with E-state index in [9.17, 15) is 4.79 Å². The molecule has 3 rings (SSSR count). The minimum Gasteiger partial charge on any atom is -0.497 e. The van der Waals surface area contributed by atoms with E-state index >= 15 is 0 Å². The quantitative estimate of drug-likeness (QED) is 0.935. The van der Waals surface area contributed by atoms with Crippen molar-refractivity contribution in [3.05, 3.63) is 42.2 Å². The first-order chi connectivity index (χ1) is 10.3. The number of rotatable bonds is 4. The van der Waals surface area contributed by atoms with Gasteiger partial charge in [0.05, 0.1) is 31.6 Å². The second kappa shape index (κ2) is 5.97. The summed E-state index contributed by atoms with van der Waals surface area (Å²) in [6.45, 7) is 1.43. The zero-order chi connectivity index (χ0) is 14.7. The molecule has 0 radical (unpaired) electrons. The normalized spacial score (nSPS) is 17.7. The highest BCUT2D eigenvalue weighted by Gasteiger charge is 2.18. The number of amides is 1. The Morgan fingerprint density at radius 3 is 3.19 bits per heavy atom. The number of carbonyl (C=O) groups excluding carboxylic acids is 1. The standard InChI is InChI=1S/C15H17N3O3/c1-20-14-4-2-3-11(7-14)15(19)17-12-8-16-18(9-12)13-5-6-21-10-13/h2-4,7-9,13H,5-6,10H2,1H3,(H,17,19)/t13-/m0/s1. The predicted molar refractivity (Wildman–Crippen MR) is 77.6 cm³/mol. The molecule has 1 fully saturated rings. The van der Waals surface area contributed by atoms with Crippen molar-refractivity contribution in [2.75, 3.05) is 25.6 Å². The summed E-state index contributed by atoms with van der Waals surface area (Å²) >= 11 is 0. The van der Waals surface area contributed by atoms with E-state index in [1.165, 1.54) is 0 Å². The van der Waals surface area contributed by atoms with E-state index in [-0.39, 0.29) is 11.9 Å². The lowest BCUT2D eigenvalue weighted by Crippen LogP contribution is -2.12. The number of hydrogen-bond donors (Lipinski definition) is 1. The van der Waals surface area contributed by atoms with Crippen LogP contribution in [0.2, 0.25) is 0 Å². The minimum absolute atomic E-state index is 0.184. The lowest BCUT2D eigenvalue weighted by Gasteiger charge is -2.07. The van der Waals surface area contributed by atoms with Crippen LogP contribution in [0.15, 0.2) is 36.7 Å². The monoisotopic (exact) mass is 287 g/mol. The molecular weight excluding hydrogens is 270 g/mol. The van der Waals surface area contributed by atoms with E-state index < -0.39 is 0 Å². The van der Waals surface area contributed by atoms with Crippen LogP contribution in [0.3, 0.4) is 0 Å². The number of methoxy groups -OCH3 is 1. The Morgan fingerprint density at radius 1 is 1.52 bits per heavy atom. The topological polar surface area (TPSA) is 65.4 Å². The van der Waals surface area contributed by atoms with Crippen molar-refractivity contribution in [1.82, 2.24) is 9.78 Å². The summed E-state index contributed by atoms with van der Waals surface area (Å²) in [7, 11) is 1.57. The zero-order valence-corrected chi connectivity index (χ0v) is 11.8. The third-order valence-corrected chi connectivity index (χ3v) is 3.47. The number of ether oxygens (including phenoxy) is 2. The number of anilines is 1. The van der Waals surface area contributed by atoms with Gasteiger partial charge in [-0.15, -0.1) is 0 Å². The average molecular weight is 287 g/mol. The Balaban J connectivity index is 1.69. The number of nitrogens with zero attached hydrogens (tertiary/aromatic N) is 2. The van der Waals surface area contributed by atoms with E-state index in [2.05, 4.69) is 10.4 Å². The summed E-state index contributed by atoms with van der Waals surface area (Å²) < 4.78 is 12.3. The van der Waals surface area contributed by atoms with Crippen molar-refractivity contribution >= 4 is 11.6 Å². The van der Waals surface area contributed by atoms with Gasteiger partial charge in [-0.3, -0.25) is 9.48 Å². The Labute approximate surface area is 122 Å². The van der Waals surface area contributed by atoms with Gasteiger partial charge >= 0.3 is 0 Å². The van der Waals surface area contributed by atoms with Gasteiger partial charge in [-0.05, 0) is 24.6 Å². The van der Waals surface area contributed by atoms with Gasteiger partial charge in [0.2, 0.25) is 0 Å². The van der Waals surface area contributed by atoms with Crippen LogP contribution in [0.1, 0.15) is 22.8 Å². The molecule has 0 aliphatic carbocycles. The molecule has 1 aromatic carbocycles. The van der Waals surface area contributed by atoms with Gasteiger partial charge in [0, 0.05) is 18.4 Å². The molecule has 1 amide bonds. The zero-order valence-electron chi connectivity index (χ0n) is 11.8. The molecule has 1 aliphatic heterocycles. The second-order valence-electron chi connectivity index (χ2n) is 4.91. The Bertz CT molecular complexity index is 633. The summed E-state index contributed by atoms with van der Waals surface area (Å²) in [5.41, 5.74) is 1.22. The molecule has 2 heterocycles. The molecule has 6 heteroatoms. The molecule has 1 aromatic heterocycles. The van der Waals surface area contributed by atoms with Crippen LogP contribution in [-0.2, 0) is 4.74 Å². The summed E-state index contributed by atoms with van der Waals surface area (Å²) in [4.78, 5) is 12.2. The number of aromatic nitrogens is 2. The van der Waals surface area contributed by atoms with Crippen LogP contribution in [0, 0.1) is 0 Å². The molecule has 0 unspecified atom stereocenters. The van der Waals surface area contributed by atoms with E-state index in [1.54, 1.807) is 37.6 Å². The molecule has 1 atom stereocenters. The van der Waals surface area contributed by atoms with Gasteiger partial charge in [-0.2, -0.15) is 5.10 Å². The van der Waals surface area contributed by atoms with Crippen LogP contribution in [-0.4, -0.2) is 36.0 Å². The van der Waals surface area contributed by atoms with Gasteiger partial charge in [0.1, 0.15) is 5.75 Å². The maximum absolute atomic E-state index is 12.2. The van der Waals surface area contributed by atoms with E-state index in [1.807, 2.05) is 10.9 Å². The van der Waals surface area contributed by atoms with E-state index in [4.69, 9.17) is 9.47 Å². The van der Waals surface area contributed by atoms with Crippen LogP contribution < -0.4 is 10.1 Å². The number of nitrogens with one attached hydrogen (secondary N) is 1. The van der Waals surface area contributed by atoms with Crippen molar-refractivity contribution < 1.29 is 14.3 Å². The molecule has 1 N–H and O–H groups in total. The molecular formula is C15H17N3O3. The molecule has 6 nitrogen and oxygen atoms in total. The maximum atomic E-state index is 12.2. The van der Waals surface area contributed by atoms with Crippen molar-refractivity contribution in [3.8, 4) is 5.75 Å². The molecule has 0 spiro atoms. The molecule has 0 bridgehead atoms. The molecule has 110 valence electrons. The summed E-state index contributed by atoms with van der Waals surface area (Å²) in [6.07, 6.45) is 4.43. The fourth-order valence-electron chi connectivity index (χ4n) is 2.30. The first-order valence-electron chi connectivity index (χ1n) is 6.83. The summed E-state index contributed by atoms with van der Waals surface area (Å²) in [6, 6.07) is 7.28. The second-order valence-corrected chi connectivity index (χ2v) is 4.91. The first kappa shape index (κ1) is 13.6. The van der Waals surface area contributed by atoms with Crippen molar-refractivity contribution in [2.45, 2.75) is 12.5 Å². The SMILES string of the molecule is COc1cccc(C(=O)Nc2cnn([C@H]3CCOC3)c2)c1. The molecule has 1 saturated heterocycles. The fourth-order valence-corrected chi connectivity index (χ4v) is 2.30. The molecule has 2 aromatic rings. The van der Waals surface area contributed by atoms with Gasteiger partial charge < -0.3 is 14.8 Å². The van der Waals surface area contributed by atoms with Crippen LogP contribution in [0.5, 0.6) is 5.75 Å². The largest absolute Gasteiger partial charge is 0.497 e. The van der Waals surface area contributed by atoms with Gasteiger partial charge in [-0.25, -0.2) is 0 Å². The fraction of sp³-hybridized carbons (Fsp3) is 0.333. The van der Waals surface area contributed by atoms with Gasteiger partial charge in [0.25, 0.3) is 5.91 Å². The highest BCUT2D eigenvalue weighted by Crippen LogP contribution is 2.20. The minimum atomic E-state index is -0.184. The van der Waals surface area contributed by atoms with Crippen LogP contribution >= 0.6 is 0 Å². The number of hydrogen-bond acceptors (Lipinski definition) is 4. The van der Waals surface area contributed by atoms with Crippen molar-refractivity contribution in [3.63, 3.8) is 0 Å². The third-order valence-electron chi connectivity index (χ3n) is 3.47. The van der Waals surface area contributed by atoms with Crippen LogP contribution in [0.4, 0.5) is 5.69 Å². The highest BCUT2D eigenvalue weighted by atomic mass is 16.5. The summed E-state index contributed by atoms with van der Waals surface area (Å²) in [5, 5.41) is 7.11. The Hall–Kier alpha value is -2.34. The third kappa shape index (κ3) is 3.05. The van der Waals surface area contributed by atoms with Crippen molar-refractivity contribution in [2.24, 2.45) is 0 Å². The lowest BCUT2D eigenvalue weighted by molar-refractivity contribution is 0.102. The lowest BCUT2D eigenvalue weighted by atomic mass is 10.2. The predicted octanol–water partition coefficient (Wildman–Crippen LogP) is 2.11. The maximum Gasteiger partial charge on any atom is 0.255 e. The average Bonchev–Trinajstić information content (AvgIpc) is 3.18. The molecule has 0 saturated carbocycles. The van der Waals surface area contributed by atoms with Crippen LogP contribution in [0.25, 0.3) is 0 Å². The molecule has 1 aliphatic rings. The highest BCUT2D eigenvalue weighted by molar-refractivity contribution is 6.04. The van der Waals surface area contributed by atoms with Gasteiger partial charge in [0.15, 0.2) is 0 Å². The van der Waals surface area contributed by atoms with Gasteiger partial charge in [-0.1, -0.05) is 6.07 Å². The summed E-state index contributed by atoms with van der Waals surface area (Å²) in [5.74, 6) is 0.470. The van der Waals surface area contributed by atoms with E-state index in [0.717, 1.165) is 13.0 Å². The number of benzene rings is 1.